The Morgan fingerprint density at radius 2 is 2.05 bits per heavy atom. The van der Waals surface area contributed by atoms with Crippen LogP contribution in [-0.2, 0) is 6.61 Å². The third-order valence-electron chi connectivity index (χ3n) is 3.02. The highest BCUT2D eigenvalue weighted by Crippen LogP contribution is 2.16. The summed E-state index contributed by atoms with van der Waals surface area (Å²) in [5.41, 5.74) is 1.78. The quantitative estimate of drug-likeness (QED) is 0.743. The first-order valence-electron chi connectivity index (χ1n) is 6.52. The molecule has 4 nitrogen and oxygen atoms in total. The molecule has 0 N–H and O–H groups in total. The highest BCUT2D eigenvalue weighted by atomic mass is 32.1. The molecule has 3 heterocycles. The van der Waals surface area contributed by atoms with Gasteiger partial charge in [0.1, 0.15) is 12.4 Å². The van der Waals surface area contributed by atoms with E-state index < -0.39 is 0 Å². The van der Waals surface area contributed by atoms with E-state index in [1.807, 2.05) is 0 Å². The first-order valence-corrected chi connectivity index (χ1v) is 7.40. The van der Waals surface area contributed by atoms with Gasteiger partial charge in [0.2, 0.25) is 0 Å². The van der Waals surface area contributed by atoms with Gasteiger partial charge in [-0.05, 0) is 36.6 Å². The van der Waals surface area contributed by atoms with E-state index in [9.17, 15) is 4.79 Å². The summed E-state index contributed by atoms with van der Waals surface area (Å²) in [6.07, 6.45) is 5.03. The predicted octanol–water partition coefficient (Wildman–Crippen LogP) is 3.18. The molecule has 3 aromatic rings. The topological polar surface area (TPSA) is 44.1 Å². The van der Waals surface area contributed by atoms with Crippen molar-refractivity contribution in [1.29, 1.82) is 0 Å². The summed E-state index contributed by atoms with van der Waals surface area (Å²) in [4.78, 5) is 17.3. The molecule has 0 aliphatic rings. The number of hydrogen-bond acceptors (Lipinski definition) is 4. The van der Waals surface area contributed by atoms with Crippen LogP contribution in [0.2, 0.25) is 0 Å². The molecule has 5 heteroatoms. The van der Waals surface area contributed by atoms with Crippen molar-refractivity contribution in [3.05, 3.63) is 75.1 Å². The molecule has 3 rings (SSSR count). The van der Waals surface area contributed by atoms with E-state index in [1.54, 1.807) is 52.7 Å². The number of pyridine rings is 2. The molecule has 0 atom stereocenters. The van der Waals surface area contributed by atoms with Crippen molar-refractivity contribution in [2.45, 2.75) is 13.5 Å². The second-order valence-corrected chi connectivity index (χ2v) is 5.75. The second kappa shape index (κ2) is 5.93. The summed E-state index contributed by atoms with van der Waals surface area (Å²) >= 11 is 1.69. The van der Waals surface area contributed by atoms with Gasteiger partial charge in [-0.25, -0.2) is 0 Å². The second-order valence-electron chi connectivity index (χ2n) is 4.63. The summed E-state index contributed by atoms with van der Waals surface area (Å²) in [5, 5.41) is 2.06. The van der Waals surface area contributed by atoms with E-state index in [2.05, 4.69) is 23.4 Å². The fourth-order valence-electron chi connectivity index (χ4n) is 2.01. The maximum absolute atomic E-state index is 12.1. The minimum Gasteiger partial charge on any atom is -0.489 e. The summed E-state index contributed by atoms with van der Waals surface area (Å²) in [6, 6.07) is 8.95. The normalized spacial score (nSPS) is 10.5. The van der Waals surface area contributed by atoms with Crippen molar-refractivity contribution >= 4 is 11.3 Å². The van der Waals surface area contributed by atoms with Crippen molar-refractivity contribution in [2.75, 3.05) is 0 Å². The van der Waals surface area contributed by atoms with Crippen LogP contribution >= 0.6 is 11.3 Å². The Morgan fingerprint density at radius 3 is 2.71 bits per heavy atom. The lowest BCUT2D eigenvalue weighted by Crippen LogP contribution is -2.16. The monoisotopic (exact) mass is 298 g/mol. The first kappa shape index (κ1) is 13.6. The van der Waals surface area contributed by atoms with Crippen LogP contribution in [0.4, 0.5) is 0 Å². The molecule has 0 aliphatic heterocycles. The van der Waals surface area contributed by atoms with Gasteiger partial charge in [-0.1, -0.05) is 0 Å². The SMILES string of the molecule is Cc1cc(COc2ccn(-c3ccncc3)c(=O)c2)cs1. The Hall–Kier alpha value is -2.40. The maximum Gasteiger partial charge on any atom is 0.258 e. The molecule has 106 valence electrons. The Balaban J connectivity index is 1.77. The van der Waals surface area contributed by atoms with Crippen LogP contribution in [0.1, 0.15) is 10.4 Å². The van der Waals surface area contributed by atoms with E-state index in [1.165, 1.54) is 10.9 Å². The van der Waals surface area contributed by atoms with Crippen LogP contribution in [0.25, 0.3) is 5.69 Å². The standard InChI is InChI=1S/C16H14N2O2S/c1-12-8-13(11-21-12)10-20-15-4-7-18(16(19)9-15)14-2-5-17-6-3-14/h2-9,11H,10H2,1H3. The van der Waals surface area contributed by atoms with E-state index in [4.69, 9.17) is 4.74 Å². The van der Waals surface area contributed by atoms with Gasteiger partial charge in [0, 0.05) is 35.1 Å². The van der Waals surface area contributed by atoms with Crippen LogP contribution in [0.3, 0.4) is 0 Å². The lowest BCUT2D eigenvalue weighted by Gasteiger charge is -2.08. The number of ether oxygens (including phenoxy) is 1. The summed E-state index contributed by atoms with van der Waals surface area (Å²) in [6.45, 7) is 2.53. The third kappa shape index (κ3) is 3.20. The number of thiophene rings is 1. The molecule has 0 unspecified atom stereocenters. The lowest BCUT2D eigenvalue weighted by molar-refractivity contribution is 0.305. The maximum atomic E-state index is 12.1. The molecule has 3 aromatic heterocycles. The predicted molar refractivity (Wildman–Crippen MR) is 83.2 cm³/mol. The minimum atomic E-state index is -0.125. The van der Waals surface area contributed by atoms with Gasteiger partial charge in [0.15, 0.2) is 0 Å². The van der Waals surface area contributed by atoms with Crippen LogP contribution in [0.5, 0.6) is 5.75 Å². The van der Waals surface area contributed by atoms with Crippen LogP contribution < -0.4 is 10.3 Å². The molecule has 0 radical (unpaired) electrons. The number of aromatic nitrogens is 2. The van der Waals surface area contributed by atoms with Crippen molar-refractivity contribution in [3.8, 4) is 11.4 Å². The third-order valence-corrected chi connectivity index (χ3v) is 3.93. The molecular weight excluding hydrogens is 284 g/mol. The zero-order chi connectivity index (χ0) is 14.7. The van der Waals surface area contributed by atoms with Crippen molar-refractivity contribution in [1.82, 2.24) is 9.55 Å². The smallest absolute Gasteiger partial charge is 0.258 e. The average molecular weight is 298 g/mol. The minimum absolute atomic E-state index is 0.125. The summed E-state index contributed by atoms with van der Waals surface area (Å²) < 4.78 is 7.22. The molecule has 0 saturated heterocycles. The van der Waals surface area contributed by atoms with Crippen molar-refractivity contribution in [2.24, 2.45) is 0 Å². The van der Waals surface area contributed by atoms with Crippen molar-refractivity contribution in [3.63, 3.8) is 0 Å². The number of rotatable bonds is 4. The highest BCUT2D eigenvalue weighted by molar-refractivity contribution is 7.10. The molecule has 0 aromatic carbocycles. The van der Waals surface area contributed by atoms with Gasteiger partial charge in [-0.2, -0.15) is 0 Å². The molecule has 0 bridgehead atoms. The van der Waals surface area contributed by atoms with Gasteiger partial charge in [-0.15, -0.1) is 11.3 Å². The number of aryl methyl sites for hydroxylation is 1. The first-order chi connectivity index (χ1) is 10.2. The molecule has 21 heavy (non-hydrogen) atoms. The number of hydrogen-bond donors (Lipinski definition) is 0. The Bertz CT molecular complexity index is 793. The molecule has 0 saturated carbocycles. The van der Waals surface area contributed by atoms with E-state index in [0.29, 0.717) is 12.4 Å². The van der Waals surface area contributed by atoms with Gasteiger partial charge >= 0.3 is 0 Å². The van der Waals surface area contributed by atoms with E-state index >= 15 is 0 Å². The van der Waals surface area contributed by atoms with Crippen molar-refractivity contribution < 1.29 is 4.74 Å². The Labute approximate surface area is 126 Å². The van der Waals surface area contributed by atoms with Gasteiger partial charge in [-0.3, -0.25) is 14.3 Å². The van der Waals surface area contributed by atoms with Crippen LogP contribution in [-0.4, -0.2) is 9.55 Å². The Morgan fingerprint density at radius 1 is 1.24 bits per heavy atom. The fourth-order valence-corrected chi connectivity index (χ4v) is 2.70. The average Bonchev–Trinajstić information content (AvgIpc) is 2.92. The lowest BCUT2D eigenvalue weighted by atomic mass is 10.3. The van der Waals surface area contributed by atoms with Gasteiger partial charge in [0.25, 0.3) is 5.56 Å². The van der Waals surface area contributed by atoms with E-state index in [0.717, 1.165) is 11.3 Å². The van der Waals surface area contributed by atoms with Gasteiger partial charge < -0.3 is 4.74 Å². The zero-order valence-corrected chi connectivity index (χ0v) is 12.3. The zero-order valence-electron chi connectivity index (χ0n) is 11.5. The number of nitrogens with zero attached hydrogens (tertiary/aromatic N) is 2. The highest BCUT2D eigenvalue weighted by Gasteiger charge is 2.03. The molecule has 0 fully saturated rings. The summed E-state index contributed by atoms with van der Waals surface area (Å²) in [7, 11) is 0. The molecular formula is C16H14N2O2S. The van der Waals surface area contributed by atoms with E-state index in [-0.39, 0.29) is 5.56 Å². The molecule has 0 amide bonds. The Kier molecular flexibility index (Phi) is 3.83. The van der Waals surface area contributed by atoms with Crippen LogP contribution in [0.15, 0.2) is 59.1 Å². The van der Waals surface area contributed by atoms with Crippen LogP contribution in [0, 0.1) is 6.92 Å². The molecule has 0 aliphatic carbocycles. The summed E-state index contributed by atoms with van der Waals surface area (Å²) in [5.74, 6) is 0.578. The largest absolute Gasteiger partial charge is 0.489 e. The molecule has 0 spiro atoms. The fraction of sp³-hybridized carbons (Fsp3) is 0.125. The van der Waals surface area contributed by atoms with Gasteiger partial charge in [0.05, 0.1) is 5.69 Å².